The maximum atomic E-state index is 9.51. The minimum Gasteiger partial charge on any atom is -0.506 e. The van der Waals surface area contributed by atoms with E-state index in [1.165, 1.54) is 0 Å². The summed E-state index contributed by atoms with van der Waals surface area (Å²) in [7, 11) is 1.63. The summed E-state index contributed by atoms with van der Waals surface area (Å²) in [5, 5.41) is 9.51. The molecule has 0 unspecified atom stereocenters. The maximum absolute atomic E-state index is 9.51. The van der Waals surface area contributed by atoms with Gasteiger partial charge in [0.15, 0.2) is 0 Å². The van der Waals surface area contributed by atoms with Gasteiger partial charge in [0.05, 0.1) is 12.8 Å². The van der Waals surface area contributed by atoms with Crippen molar-refractivity contribution in [2.75, 3.05) is 12.8 Å². The molecule has 0 spiro atoms. The lowest BCUT2D eigenvalue weighted by atomic mass is 10.0. The smallest absolute Gasteiger partial charge is 0.139 e. The Morgan fingerprint density at radius 3 is 2.19 bits per heavy atom. The molecule has 0 aromatic heterocycles. The van der Waals surface area contributed by atoms with E-state index in [2.05, 4.69) is 0 Å². The summed E-state index contributed by atoms with van der Waals surface area (Å²) < 4.78 is 5.08. The van der Waals surface area contributed by atoms with Crippen molar-refractivity contribution in [1.82, 2.24) is 0 Å². The molecule has 0 aliphatic rings. The van der Waals surface area contributed by atoms with Gasteiger partial charge < -0.3 is 15.6 Å². The molecule has 0 aliphatic carbocycles. The second-order valence-electron chi connectivity index (χ2n) is 3.50. The van der Waals surface area contributed by atoms with Gasteiger partial charge >= 0.3 is 0 Å². The number of phenolic OH excluding ortho intramolecular Hbond substituents is 1. The molecule has 0 saturated carbocycles. The van der Waals surface area contributed by atoms with Gasteiger partial charge in [0.25, 0.3) is 0 Å². The maximum Gasteiger partial charge on any atom is 0.139 e. The summed E-state index contributed by atoms with van der Waals surface area (Å²) in [6.07, 6.45) is 0. The van der Waals surface area contributed by atoms with Crippen molar-refractivity contribution in [2.45, 2.75) is 0 Å². The number of rotatable bonds is 2. The predicted molar refractivity (Wildman–Crippen MR) is 64.5 cm³/mol. The molecule has 2 rings (SSSR count). The summed E-state index contributed by atoms with van der Waals surface area (Å²) in [5.74, 6) is 0.914. The number of benzene rings is 2. The fourth-order valence-electron chi connectivity index (χ4n) is 1.51. The predicted octanol–water partition coefficient (Wildman–Crippen LogP) is 2.65. The number of hydrogen-bond donors (Lipinski definition) is 2. The summed E-state index contributed by atoms with van der Waals surface area (Å²) in [6, 6.07) is 12.8. The van der Waals surface area contributed by atoms with Crippen molar-refractivity contribution in [1.29, 1.82) is 0 Å². The van der Waals surface area contributed by atoms with Gasteiger partial charge in [0.1, 0.15) is 11.5 Å². The van der Waals surface area contributed by atoms with E-state index in [-0.39, 0.29) is 5.75 Å². The van der Waals surface area contributed by atoms with Crippen LogP contribution in [0.15, 0.2) is 42.5 Å². The number of methoxy groups -OCH3 is 1. The molecule has 3 heteroatoms. The number of nitrogens with two attached hydrogens (primary N) is 1. The Bertz CT molecular complexity index is 492. The first kappa shape index (κ1) is 10.4. The second kappa shape index (κ2) is 4.14. The minimum atomic E-state index is 0.105. The minimum absolute atomic E-state index is 0.105. The van der Waals surface area contributed by atoms with Gasteiger partial charge in [-0.3, -0.25) is 0 Å². The van der Waals surface area contributed by atoms with E-state index >= 15 is 0 Å². The summed E-state index contributed by atoms with van der Waals surface area (Å²) in [4.78, 5) is 0. The molecule has 82 valence electrons. The van der Waals surface area contributed by atoms with Crippen LogP contribution in [-0.4, -0.2) is 12.2 Å². The zero-order valence-corrected chi connectivity index (χ0v) is 8.97. The van der Waals surface area contributed by atoms with Gasteiger partial charge in [-0.1, -0.05) is 18.2 Å². The van der Waals surface area contributed by atoms with Crippen LogP contribution < -0.4 is 10.5 Å². The molecule has 0 atom stereocenters. The third kappa shape index (κ3) is 1.93. The van der Waals surface area contributed by atoms with Crippen molar-refractivity contribution < 1.29 is 9.84 Å². The van der Waals surface area contributed by atoms with E-state index in [4.69, 9.17) is 10.5 Å². The fraction of sp³-hybridized carbons (Fsp3) is 0.0769. The van der Waals surface area contributed by atoms with E-state index in [0.717, 1.165) is 16.9 Å². The Balaban J connectivity index is 2.38. The molecule has 2 aromatic carbocycles. The molecule has 0 heterocycles. The Morgan fingerprint density at radius 2 is 1.62 bits per heavy atom. The molecule has 0 aliphatic heterocycles. The van der Waals surface area contributed by atoms with Crippen LogP contribution in [0, 0.1) is 0 Å². The largest absolute Gasteiger partial charge is 0.506 e. The lowest BCUT2D eigenvalue weighted by Gasteiger charge is -2.05. The fourth-order valence-corrected chi connectivity index (χ4v) is 1.51. The van der Waals surface area contributed by atoms with Crippen LogP contribution in [0.1, 0.15) is 0 Å². The molecule has 0 amide bonds. The zero-order chi connectivity index (χ0) is 11.5. The number of ether oxygens (including phenoxy) is 1. The normalized spacial score (nSPS) is 10.1. The van der Waals surface area contributed by atoms with E-state index in [0.29, 0.717) is 5.69 Å². The molecule has 0 fully saturated rings. The standard InChI is InChI=1S/C13H13NO2/c1-16-11-5-2-9(3-6-11)10-4-7-12(14)13(15)8-10/h2-8,15H,14H2,1H3. The average molecular weight is 215 g/mol. The van der Waals surface area contributed by atoms with Crippen LogP contribution in [0.2, 0.25) is 0 Å². The number of anilines is 1. The number of phenols is 1. The quantitative estimate of drug-likeness (QED) is 0.598. The van der Waals surface area contributed by atoms with Crippen LogP contribution in [0.4, 0.5) is 5.69 Å². The summed E-state index contributed by atoms with van der Waals surface area (Å²) in [6.45, 7) is 0. The van der Waals surface area contributed by atoms with Gasteiger partial charge in [0.2, 0.25) is 0 Å². The Morgan fingerprint density at radius 1 is 1.00 bits per heavy atom. The van der Waals surface area contributed by atoms with Gasteiger partial charge in [-0.25, -0.2) is 0 Å². The number of aromatic hydroxyl groups is 1. The van der Waals surface area contributed by atoms with Crippen LogP contribution in [-0.2, 0) is 0 Å². The van der Waals surface area contributed by atoms with Gasteiger partial charge in [-0.2, -0.15) is 0 Å². The first-order chi connectivity index (χ1) is 7.70. The lowest BCUT2D eigenvalue weighted by molar-refractivity contribution is 0.415. The first-order valence-electron chi connectivity index (χ1n) is 4.93. The lowest BCUT2D eigenvalue weighted by Crippen LogP contribution is -1.86. The SMILES string of the molecule is COc1ccc(-c2ccc(N)c(O)c2)cc1. The molecule has 3 nitrogen and oxygen atoms in total. The molecular weight excluding hydrogens is 202 g/mol. The molecule has 3 N–H and O–H groups in total. The summed E-state index contributed by atoms with van der Waals surface area (Å²) >= 11 is 0. The van der Waals surface area contributed by atoms with Gasteiger partial charge in [-0.15, -0.1) is 0 Å². The molecule has 0 bridgehead atoms. The zero-order valence-electron chi connectivity index (χ0n) is 8.97. The van der Waals surface area contributed by atoms with Crippen molar-refractivity contribution in [2.24, 2.45) is 0 Å². The van der Waals surface area contributed by atoms with Crippen molar-refractivity contribution >= 4 is 5.69 Å². The highest BCUT2D eigenvalue weighted by Gasteiger charge is 2.01. The molecule has 0 radical (unpaired) electrons. The first-order valence-corrected chi connectivity index (χ1v) is 4.93. The van der Waals surface area contributed by atoms with Crippen LogP contribution in [0.5, 0.6) is 11.5 Å². The molecule has 16 heavy (non-hydrogen) atoms. The van der Waals surface area contributed by atoms with E-state index in [1.807, 2.05) is 30.3 Å². The summed E-state index contributed by atoms with van der Waals surface area (Å²) in [5.41, 5.74) is 7.86. The second-order valence-corrected chi connectivity index (χ2v) is 3.50. The van der Waals surface area contributed by atoms with Crippen molar-refractivity contribution in [3.63, 3.8) is 0 Å². The number of nitrogen functional groups attached to an aromatic ring is 1. The third-order valence-corrected chi connectivity index (χ3v) is 2.45. The Hall–Kier alpha value is -2.16. The highest BCUT2D eigenvalue weighted by molar-refractivity contribution is 5.69. The van der Waals surface area contributed by atoms with E-state index in [9.17, 15) is 5.11 Å². The Labute approximate surface area is 94.1 Å². The van der Waals surface area contributed by atoms with Crippen LogP contribution in [0.3, 0.4) is 0 Å². The van der Waals surface area contributed by atoms with E-state index < -0.39 is 0 Å². The van der Waals surface area contributed by atoms with Crippen molar-refractivity contribution in [3.05, 3.63) is 42.5 Å². The van der Waals surface area contributed by atoms with E-state index in [1.54, 1.807) is 19.2 Å². The Kier molecular flexibility index (Phi) is 2.68. The molecular formula is C13H13NO2. The van der Waals surface area contributed by atoms with Gasteiger partial charge in [0, 0.05) is 0 Å². The monoisotopic (exact) mass is 215 g/mol. The van der Waals surface area contributed by atoms with Crippen LogP contribution >= 0.6 is 0 Å². The van der Waals surface area contributed by atoms with Crippen LogP contribution in [0.25, 0.3) is 11.1 Å². The third-order valence-electron chi connectivity index (χ3n) is 2.45. The average Bonchev–Trinajstić information content (AvgIpc) is 2.33. The number of hydrogen-bond acceptors (Lipinski definition) is 3. The van der Waals surface area contributed by atoms with Crippen molar-refractivity contribution in [3.8, 4) is 22.6 Å². The topological polar surface area (TPSA) is 55.5 Å². The highest BCUT2D eigenvalue weighted by atomic mass is 16.5. The molecule has 2 aromatic rings. The highest BCUT2D eigenvalue weighted by Crippen LogP contribution is 2.28. The molecule has 0 saturated heterocycles. The van der Waals surface area contributed by atoms with Gasteiger partial charge in [-0.05, 0) is 35.4 Å².